The van der Waals surface area contributed by atoms with Crippen molar-refractivity contribution in [3.8, 4) is 5.75 Å². The van der Waals surface area contributed by atoms with Gasteiger partial charge in [0.05, 0.1) is 30.0 Å². The van der Waals surface area contributed by atoms with Gasteiger partial charge in [-0.2, -0.15) is 0 Å². The zero-order valence-electron chi connectivity index (χ0n) is 21.1. The van der Waals surface area contributed by atoms with Crippen molar-refractivity contribution in [2.75, 3.05) is 36.5 Å². The summed E-state index contributed by atoms with van der Waals surface area (Å²) in [5.74, 6) is 1.13. The lowest BCUT2D eigenvalue weighted by Gasteiger charge is -2.32. The zero-order chi connectivity index (χ0) is 26.2. The van der Waals surface area contributed by atoms with Crippen LogP contribution in [0.25, 0.3) is 0 Å². The Morgan fingerprint density at radius 2 is 2.08 bits per heavy atom. The Labute approximate surface area is 217 Å². The normalized spacial score (nSPS) is 19.6. The van der Waals surface area contributed by atoms with Crippen molar-refractivity contribution in [1.82, 2.24) is 4.98 Å². The fourth-order valence-electron chi connectivity index (χ4n) is 4.43. The van der Waals surface area contributed by atoms with Crippen LogP contribution in [0.4, 0.5) is 11.5 Å². The third kappa shape index (κ3) is 7.00. The number of amides is 1. The minimum atomic E-state index is -0.961. The molecule has 0 bridgehead atoms. The van der Waals surface area contributed by atoms with Crippen LogP contribution in [0, 0.1) is 11.8 Å². The second-order valence-electron chi connectivity index (χ2n) is 9.32. The number of rotatable bonds is 8. The van der Waals surface area contributed by atoms with Crippen LogP contribution in [0.3, 0.4) is 0 Å². The molecule has 0 spiro atoms. The molecule has 0 aliphatic carbocycles. The summed E-state index contributed by atoms with van der Waals surface area (Å²) in [6.07, 6.45) is 9.97. The molecule has 8 nitrogen and oxygen atoms in total. The van der Waals surface area contributed by atoms with Gasteiger partial charge in [-0.15, -0.1) is 0 Å². The summed E-state index contributed by atoms with van der Waals surface area (Å²) >= 11 is 0. The molecule has 1 aromatic heterocycles. The van der Waals surface area contributed by atoms with Gasteiger partial charge in [-0.25, -0.2) is 9.78 Å². The Balaban J connectivity index is 1.24. The number of aromatic nitrogens is 1. The van der Waals surface area contributed by atoms with Crippen LogP contribution in [0.1, 0.15) is 36.5 Å². The molecule has 2 aromatic rings. The highest BCUT2D eigenvalue weighted by molar-refractivity contribution is 5.93. The highest BCUT2D eigenvalue weighted by Crippen LogP contribution is 2.28. The van der Waals surface area contributed by atoms with Crippen molar-refractivity contribution in [1.29, 1.82) is 0 Å². The fraction of sp³-hybridized carbons (Fsp3) is 0.345. The Kier molecular flexibility index (Phi) is 8.61. The minimum Gasteiger partial charge on any atom is -0.493 e. The highest BCUT2D eigenvalue weighted by Gasteiger charge is 2.27. The lowest BCUT2D eigenvalue weighted by Crippen LogP contribution is -2.36. The van der Waals surface area contributed by atoms with Crippen LogP contribution in [0.2, 0.25) is 0 Å². The number of carbonyl (C=O) groups excluding carboxylic acids is 1. The van der Waals surface area contributed by atoms with Crippen LogP contribution < -0.4 is 15.0 Å². The molecule has 1 atom stereocenters. The van der Waals surface area contributed by atoms with Gasteiger partial charge >= 0.3 is 5.97 Å². The number of anilines is 2. The van der Waals surface area contributed by atoms with Gasteiger partial charge in [0.1, 0.15) is 23.9 Å². The van der Waals surface area contributed by atoms with E-state index in [1.165, 1.54) is 0 Å². The van der Waals surface area contributed by atoms with Crippen molar-refractivity contribution >= 4 is 23.4 Å². The summed E-state index contributed by atoms with van der Waals surface area (Å²) in [6.45, 7) is 8.43. The second kappa shape index (κ2) is 12.3. The van der Waals surface area contributed by atoms with E-state index >= 15 is 0 Å². The number of carboxylic acid groups (broad SMARTS) is 1. The maximum absolute atomic E-state index is 12.8. The SMILES string of the molecule is C=C1OCC(C(=O)Nc2ccc(N3CCC(COc4cccc(C(=O)O)c4)CC3)nc2)CC1=CC=CC. The van der Waals surface area contributed by atoms with Crippen molar-refractivity contribution in [3.05, 3.63) is 84.3 Å². The number of aromatic carboxylic acids is 1. The van der Waals surface area contributed by atoms with E-state index in [0.717, 1.165) is 37.3 Å². The maximum Gasteiger partial charge on any atom is 0.335 e. The molecule has 37 heavy (non-hydrogen) atoms. The van der Waals surface area contributed by atoms with Crippen molar-refractivity contribution in [2.45, 2.75) is 26.2 Å². The van der Waals surface area contributed by atoms with E-state index in [1.54, 1.807) is 30.5 Å². The molecule has 1 aromatic carbocycles. The molecule has 2 aliphatic rings. The first kappa shape index (κ1) is 26.0. The van der Waals surface area contributed by atoms with Gasteiger partial charge in [-0.05, 0) is 68.0 Å². The summed E-state index contributed by atoms with van der Waals surface area (Å²) < 4.78 is 11.5. The number of benzene rings is 1. The molecule has 1 amide bonds. The number of nitrogens with zero attached hydrogens (tertiary/aromatic N) is 2. The summed E-state index contributed by atoms with van der Waals surface area (Å²) in [6, 6.07) is 10.4. The number of carbonyl (C=O) groups is 2. The molecule has 194 valence electrons. The molecule has 2 saturated heterocycles. The summed E-state index contributed by atoms with van der Waals surface area (Å²) in [5, 5.41) is 12.1. The molecule has 4 rings (SSSR count). The van der Waals surface area contributed by atoms with E-state index in [2.05, 4.69) is 21.8 Å². The highest BCUT2D eigenvalue weighted by atomic mass is 16.5. The quantitative estimate of drug-likeness (QED) is 0.519. The van der Waals surface area contributed by atoms with Crippen LogP contribution in [-0.4, -0.2) is 48.3 Å². The lowest BCUT2D eigenvalue weighted by molar-refractivity contribution is -0.121. The summed E-state index contributed by atoms with van der Waals surface area (Å²) in [5.41, 5.74) is 1.81. The molecular formula is C29H33N3O5. The molecule has 2 N–H and O–H groups in total. The van der Waals surface area contributed by atoms with Crippen LogP contribution in [0.15, 0.2) is 78.7 Å². The van der Waals surface area contributed by atoms with Crippen LogP contribution in [0.5, 0.6) is 5.75 Å². The van der Waals surface area contributed by atoms with Gasteiger partial charge in [0.15, 0.2) is 0 Å². The van der Waals surface area contributed by atoms with E-state index in [-0.39, 0.29) is 17.4 Å². The topological polar surface area (TPSA) is 101 Å². The van der Waals surface area contributed by atoms with Crippen molar-refractivity contribution in [3.63, 3.8) is 0 Å². The number of carboxylic acids is 1. The van der Waals surface area contributed by atoms with Gasteiger partial charge in [-0.1, -0.05) is 30.9 Å². The number of hydrogen-bond acceptors (Lipinski definition) is 6. The average Bonchev–Trinajstić information content (AvgIpc) is 2.92. The number of piperidine rings is 1. The number of hydrogen-bond donors (Lipinski definition) is 2. The maximum atomic E-state index is 12.8. The standard InChI is InChI=1S/C29H33N3O5/c1-3-4-6-22-15-24(19-36-20(22)2)28(33)31-25-9-10-27(30-17-25)32-13-11-21(12-14-32)18-37-26-8-5-7-23(16-26)29(34)35/h3-10,16-17,21,24H,2,11-15,18-19H2,1H3,(H,31,33)(H,34,35). The first-order chi connectivity index (χ1) is 17.9. The van der Waals surface area contributed by atoms with E-state index in [4.69, 9.17) is 14.6 Å². The fourth-order valence-corrected chi connectivity index (χ4v) is 4.43. The monoisotopic (exact) mass is 503 g/mol. The number of allylic oxidation sites excluding steroid dienone is 4. The van der Waals surface area contributed by atoms with Gasteiger partial charge < -0.3 is 24.8 Å². The van der Waals surface area contributed by atoms with E-state index in [1.807, 2.05) is 37.3 Å². The molecule has 3 heterocycles. The Hall–Kier alpha value is -4.07. The summed E-state index contributed by atoms with van der Waals surface area (Å²) in [4.78, 5) is 30.7. The zero-order valence-corrected chi connectivity index (χ0v) is 21.1. The van der Waals surface area contributed by atoms with Crippen LogP contribution >= 0.6 is 0 Å². The van der Waals surface area contributed by atoms with Crippen molar-refractivity contribution in [2.24, 2.45) is 11.8 Å². The third-order valence-electron chi connectivity index (χ3n) is 6.66. The Bertz CT molecular complexity index is 1180. The summed E-state index contributed by atoms with van der Waals surface area (Å²) in [7, 11) is 0. The predicted molar refractivity (Wildman–Crippen MR) is 143 cm³/mol. The van der Waals surface area contributed by atoms with Gasteiger partial charge in [-0.3, -0.25) is 4.79 Å². The average molecular weight is 504 g/mol. The first-order valence-electron chi connectivity index (χ1n) is 12.5. The lowest BCUT2D eigenvalue weighted by atomic mass is 9.95. The molecule has 2 fully saturated rings. The molecule has 8 heteroatoms. The van der Waals surface area contributed by atoms with Gasteiger partial charge in [0.25, 0.3) is 0 Å². The van der Waals surface area contributed by atoms with E-state index in [9.17, 15) is 9.59 Å². The van der Waals surface area contributed by atoms with E-state index < -0.39 is 5.97 Å². The smallest absolute Gasteiger partial charge is 0.335 e. The number of nitrogens with one attached hydrogen (secondary N) is 1. The number of pyridine rings is 1. The predicted octanol–water partition coefficient (Wildman–Crippen LogP) is 5.07. The second-order valence-corrected chi connectivity index (χ2v) is 9.32. The molecule has 1 unspecified atom stereocenters. The molecular weight excluding hydrogens is 470 g/mol. The largest absolute Gasteiger partial charge is 0.493 e. The molecule has 0 radical (unpaired) electrons. The van der Waals surface area contributed by atoms with E-state index in [0.29, 0.717) is 42.7 Å². The van der Waals surface area contributed by atoms with Crippen LogP contribution in [-0.2, 0) is 9.53 Å². The van der Waals surface area contributed by atoms with Crippen molar-refractivity contribution < 1.29 is 24.2 Å². The molecule has 2 aliphatic heterocycles. The third-order valence-corrected chi connectivity index (χ3v) is 6.66. The molecule has 0 saturated carbocycles. The first-order valence-corrected chi connectivity index (χ1v) is 12.5. The minimum absolute atomic E-state index is 0.0943. The van der Waals surface area contributed by atoms with Gasteiger partial charge in [0, 0.05) is 13.1 Å². The Morgan fingerprint density at radius 1 is 1.27 bits per heavy atom. The number of ether oxygens (including phenoxy) is 2. The van der Waals surface area contributed by atoms with Gasteiger partial charge in [0.2, 0.25) is 5.91 Å². The Morgan fingerprint density at radius 3 is 2.78 bits per heavy atom.